The van der Waals surface area contributed by atoms with Gasteiger partial charge in [-0.05, 0) is 52.6 Å². The van der Waals surface area contributed by atoms with Crippen molar-refractivity contribution in [3.63, 3.8) is 0 Å². The van der Waals surface area contributed by atoms with Gasteiger partial charge in [0.15, 0.2) is 0 Å². The molecule has 1 aliphatic carbocycles. The maximum Gasteiger partial charge on any atom is 0.0431 e. The van der Waals surface area contributed by atoms with Crippen LogP contribution in [0.3, 0.4) is 0 Å². The molecule has 0 atom stereocenters. The van der Waals surface area contributed by atoms with Gasteiger partial charge in [0.1, 0.15) is 0 Å². The van der Waals surface area contributed by atoms with Crippen LogP contribution in [0.15, 0.2) is 84.9 Å². The molecule has 0 bridgehead atoms. The second-order valence-corrected chi connectivity index (χ2v) is 9.42. The van der Waals surface area contributed by atoms with Crippen LogP contribution < -0.4 is 5.32 Å². The first-order valence-electron chi connectivity index (χ1n) is 10.0. The average Bonchev–Trinajstić information content (AvgIpc) is 3.22. The fourth-order valence-electron chi connectivity index (χ4n) is 4.91. The van der Waals surface area contributed by atoms with E-state index in [0.717, 1.165) is 5.69 Å². The van der Waals surface area contributed by atoms with Gasteiger partial charge in [-0.25, -0.2) is 0 Å². The molecule has 1 N–H and O–H groups in total. The lowest BCUT2D eigenvalue weighted by molar-refractivity contribution is 0.662. The van der Waals surface area contributed by atoms with Crippen molar-refractivity contribution in [2.45, 2.75) is 19.3 Å². The highest BCUT2D eigenvalue weighted by Gasteiger charge is 2.37. The number of thiophene rings is 1. The smallest absolute Gasteiger partial charge is 0.0431 e. The summed E-state index contributed by atoms with van der Waals surface area (Å²) in [5.74, 6) is 0. The number of anilines is 2. The van der Waals surface area contributed by atoms with Gasteiger partial charge in [-0.3, -0.25) is 0 Å². The number of fused-ring (bicyclic) bond motifs is 6. The molecule has 1 aliphatic rings. The number of benzene rings is 4. The van der Waals surface area contributed by atoms with E-state index < -0.39 is 0 Å². The Morgan fingerprint density at radius 1 is 0.690 bits per heavy atom. The van der Waals surface area contributed by atoms with E-state index >= 15 is 0 Å². The minimum Gasteiger partial charge on any atom is -0.355 e. The molecule has 0 fully saturated rings. The van der Waals surface area contributed by atoms with E-state index in [2.05, 4.69) is 104 Å². The summed E-state index contributed by atoms with van der Waals surface area (Å²) in [6.45, 7) is 4.66. The molecule has 1 heterocycles. The van der Waals surface area contributed by atoms with E-state index in [1.165, 1.54) is 48.1 Å². The van der Waals surface area contributed by atoms with Crippen molar-refractivity contribution in [2.24, 2.45) is 0 Å². The Morgan fingerprint density at radius 2 is 1.45 bits per heavy atom. The SMILES string of the molecule is CC1(C)c2ccccc2-c2cccc(Nc3ccc4sc5ccccc5c4c3)c21. The second-order valence-electron chi connectivity index (χ2n) is 8.33. The standard InChI is InChI=1S/C27H21NS/c1-27(2)22-11-5-3-8-18(22)20-10-7-12-23(26(20)27)28-17-14-15-25-21(16-17)19-9-4-6-13-24(19)29-25/h3-16,28H,1-2H3. The lowest BCUT2D eigenvalue weighted by atomic mass is 9.81. The van der Waals surface area contributed by atoms with Crippen LogP contribution in [0.2, 0.25) is 0 Å². The van der Waals surface area contributed by atoms with Crippen LogP contribution in [-0.4, -0.2) is 0 Å². The fourth-order valence-corrected chi connectivity index (χ4v) is 6.00. The van der Waals surface area contributed by atoms with Crippen molar-refractivity contribution < 1.29 is 0 Å². The van der Waals surface area contributed by atoms with Gasteiger partial charge in [-0.2, -0.15) is 0 Å². The largest absolute Gasteiger partial charge is 0.355 e. The summed E-state index contributed by atoms with van der Waals surface area (Å²) in [7, 11) is 0. The summed E-state index contributed by atoms with van der Waals surface area (Å²) >= 11 is 1.86. The lowest BCUT2D eigenvalue weighted by Gasteiger charge is -2.24. The molecule has 6 rings (SSSR count). The number of nitrogens with one attached hydrogen (secondary N) is 1. The Morgan fingerprint density at radius 3 is 2.38 bits per heavy atom. The number of hydrogen-bond donors (Lipinski definition) is 1. The lowest BCUT2D eigenvalue weighted by Crippen LogP contribution is -2.16. The highest BCUT2D eigenvalue weighted by atomic mass is 32.1. The van der Waals surface area contributed by atoms with Crippen LogP contribution >= 0.6 is 11.3 Å². The summed E-state index contributed by atoms with van der Waals surface area (Å²) in [4.78, 5) is 0. The third-order valence-corrected chi connectivity index (χ3v) is 7.39. The molecule has 0 saturated carbocycles. The summed E-state index contributed by atoms with van der Waals surface area (Å²) in [5, 5.41) is 6.41. The quantitative estimate of drug-likeness (QED) is 0.320. The Labute approximate surface area is 174 Å². The third kappa shape index (κ3) is 2.39. The van der Waals surface area contributed by atoms with Gasteiger partial charge in [-0.1, -0.05) is 68.4 Å². The van der Waals surface area contributed by atoms with Crippen LogP contribution in [0.5, 0.6) is 0 Å². The molecule has 0 radical (unpaired) electrons. The van der Waals surface area contributed by atoms with Crippen molar-refractivity contribution >= 4 is 42.9 Å². The predicted molar refractivity (Wildman–Crippen MR) is 127 cm³/mol. The Kier molecular flexibility index (Phi) is 3.45. The van der Waals surface area contributed by atoms with Gasteiger partial charge < -0.3 is 5.32 Å². The van der Waals surface area contributed by atoms with Gasteiger partial charge in [0.05, 0.1) is 0 Å². The van der Waals surface area contributed by atoms with Crippen molar-refractivity contribution in [1.82, 2.24) is 0 Å². The molecule has 4 aromatic carbocycles. The molecule has 1 nitrogen and oxygen atoms in total. The summed E-state index contributed by atoms with van der Waals surface area (Å²) in [5.41, 5.74) is 7.81. The molecule has 0 amide bonds. The highest BCUT2D eigenvalue weighted by Crippen LogP contribution is 2.51. The van der Waals surface area contributed by atoms with Gasteiger partial charge in [0, 0.05) is 37.0 Å². The average molecular weight is 392 g/mol. The molecule has 0 unspecified atom stereocenters. The van der Waals surface area contributed by atoms with E-state index in [9.17, 15) is 0 Å². The highest BCUT2D eigenvalue weighted by molar-refractivity contribution is 7.25. The Balaban J connectivity index is 1.49. The number of rotatable bonds is 2. The third-order valence-electron chi connectivity index (χ3n) is 6.24. The van der Waals surface area contributed by atoms with E-state index in [-0.39, 0.29) is 5.41 Å². The van der Waals surface area contributed by atoms with E-state index in [1.54, 1.807) is 0 Å². The van der Waals surface area contributed by atoms with Crippen molar-refractivity contribution in [3.8, 4) is 11.1 Å². The van der Waals surface area contributed by atoms with Gasteiger partial charge in [0.2, 0.25) is 0 Å². The van der Waals surface area contributed by atoms with Crippen molar-refractivity contribution in [3.05, 3.63) is 96.1 Å². The van der Waals surface area contributed by atoms with Crippen LogP contribution in [-0.2, 0) is 5.41 Å². The topological polar surface area (TPSA) is 12.0 Å². The van der Waals surface area contributed by atoms with Gasteiger partial charge >= 0.3 is 0 Å². The summed E-state index contributed by atoms with van der Waals surface area (Å²) in [6.07, 6.45) is 0. The number of hydrogen-bond acceptors (Lipinski definition) is 2. The zero-order valence-corrected chi connectivity index (χ0v) is 17.3. The molecule has 0 saturated heterocycles. The maximum absolute atomic E-state index is 3.75. The minimum absolute atomic E-state index is 0.0191. The Bertz CT molecular complexity index is 1410. The van der Waals surface area contributed by atoms with Gasteiger partial charge in [-0.15, -0.1) is 11.3 Å². The molecule has 5 aromatic rings. The van der Waals surface area contributed by atoms with Crippen LogP contribution in [0.1, 0.15) is 25.0 Å². The van der Waals surface area contributed by atoms with Crippen molar-refractivity contribution in [1.29, 1.82) is 0 Å². The first-order chi connectivity index (χ1) is 14.1. The van der Waals surface area contributed by atoms with E-state index in [0.29, 0.717) is 0 Å². The van der Waals surface area contributed by atoms with Crippen LogP contribution in [0.25, 0.3) is 31.3 Å². The minimum atomic E-state index is -0.0191. The molecule has 0 aliphatic heterocycles. The zero-order valence-electron chi connectivity index (χ0n) is 16.5. The Hall–Kier alpha value is -3.10. The molecule has 29 heavy (non-hydrogen) atoms. The van der Waals surface area contributed by atoms with Crippen molar-refractivity contribution in [2.75, 3.05) is 5.32 Å². The first-order valence-corrected chi connectivity index (χ1v) is 10.9. The fraction of sp³-hybridized carbons (Fsp3) is 0.111. The molecule has 140 valence electrons. The first kappa shape index (κ1) is 16.8. The van der Waals surface area contributed by atoms with E-state index in [1.807, 2.05) is 11.3 Å². The second kappa shape index (κ2) is 5.95. The molecule has 0 spiro atoms. The summed E-state index contributed by atoms with van der Waals surface area (Å²) < 4.78 is 2.68. The molecule has 1 aromatic heterocycles. The normalized spacial score (nSPS) is 14.1. The van der Waals surface area contributed by atoms with Gasteiger partial charge in [0.25, 0.3) is 0 Å². The zero-order chi connectivity index (χ0) is 19.6. The molecular weight excluding hydrogens is 370 g/mol. The maximum atomic E-state index is 3.75. The van der Waals surface area contributed by atoms with Crippen LogP contribution in [0.4, 0.5) is 11.4 Å². The summed E-state index contributed by atoms with van der Waals surface area (Å²) in [6, 6.07) is 30.8. The van der Waals surface area contributed by atoms with E-state index in [4.69, 9.17) is 0 Å². The molecule has 2 heteroatoms. The molecular formula is C27H21NS. The van der Waals surface area contributed by atoms with Crippen LogP contribution in [0, 0.1) is 0 Å². The predicted octanol–water partition coefficient (Wildman–Crippen LogP) is 8.10. The monoisotopic (exact) mass is 391 g/mol.